The Morgan fingerprint density at radius 3 is 2.60 bits per heavy atom. The molecule has 0 unspecified atom stereocenters. The summed E-state index contributed by atoms with van der Waals surface area (Å²) in [6, 6.07) is 19.4. The van der Waals surface area contributed by atoms with Crippen LogP contribution in [0.5, 0.6) is 0 Å². The van der Waals surface area contributed by atoms with Crippen LogP contribution in [0.25, 0.3) is 5.69 Å². The molecule has 1 atom stereocenters. The van der Waals surface area contributed by atoms with Crippen LogP contribution < -0.4 is 0 Å². The zero-order valence-corrected chi connectivity index (χ0v) is 14.9. The average Bonchev–Trinajstić information content (AvgIpc) is 3.24. The van der Waals surface area contributed by atoms with Gasteiger partial charge >= 0.3 is 0 Å². The molecule has 1 aliphatic heterocycles. The second-order valence-corrected chi connectivity index (χ2v) is 6.87. The molecule has 1 saturated heterocycles. The van der Waals surface area contributed by atoms with E-state index >= 15 is 0 Å². The monoisotopic (exact) mass is 332 g/mol. The Hall–Kier alpha value is -2.36. The number of aromatic nitrogens is 1. The number of nitrogens with zero attached hydrogens (tertiary/aromatic N) is 2. The molecule has 0 bridgehead atoms. The summed E-state index contributed by atoms with van der Waals surface area (Å²) in [5.41, 5.74) is 6.32. The second-order valence-electron chi connectivity index (χ2n) is 6.87. The van der Waals surface area contributed by atoms with Crippen molar-refractivity contribution < 1.29 is 4.74 Å². The van der Waals surface area contributed by atoms with Crippen molar-refractivity contribution in [1.82, 2.24) is 9.47 Å². The molecular weight excluding hydrogens is 308 g/mol. The lowest BCUT2D eigenvalue weighted by Gasteiger charge is -2.22. The standard InChI is InChI=1S/C22H24N2O/c1-17-5-3-7-19(13-17)15-24-11-12-25-22(24)20-9-10-23(16-20)21-8-4-6-18(2)14-21/h3-10,13-14,16,22H,11-12,15H2,1-2H3/t22-/m1/s1. The van der Waals surface area contributed by atoms with Crippen molar-refractivity contribution in [3.8, 4) is 5.69 Å². The molecule has 128 valence electrons. The Morgan fingerprint density at radius 1 is 1.00 bits per heavy atom. The topological polar surface area (TPSA) is 17.4 Å². The number of benzene rings is 2. The van der Waals surface area contributed by atoms with Gasteiger partial charge in [0.25, 0.3) is 0 Å². The lowest BCUT2D eigenvalue weighted by Crippen LogP contribution is -2.23. The van der Waals surface area contributed by atoms with Gasteiger partial charge in [0.05, 0.1) is 6.61 Å². The van der Waals surface area contributed by atoms with E-state index < -0.39 is 0 Å². The Bertz CT molecular complexity index is 868. The van der Waals surface area contributed by atoms with Crippen LogP contribution in [0, 0.1) is 13.8 Å². The summed E-state index contributed by atoms with van der Waals surface area (Å²) in [6.45, 7) is 6.93. The van der Waals surface area contributed by atoms with Crippen LogP contribution in [0.1, 0.15) is 28.5 Å². The molecule has 25 heavy (non-hydrogen) atoms. The first-order valence-electron chi connectivity index (χ1n) is 8.85. The van der Waals surface area contributed by atoms with Crippen molar-refractivity contribution in [2.45, 2.75) is 26.6 Å². The summed E-state index contributed by atoms with van der Waals surface area (Å²) in [7, 11) is 0. The second kappa shape index (κ2) is 6.87. The highest BCUT2D eigenvalue weighted by molar-refractivity contribution is 5.37. The number of hydrogen-bond acceptors (Lipinski definition) is 2. The Labute approximate surface area is 149 Å². The van der Waals surface area contributed by atoms with Crippen LogP contribution in [0.15, 0.2) is 67.0 Å². The van der Waals surface area contributed by atoms with Gasteiger partial charge in [0.15, 0.2) is 0 Å². The quantitative estimate of drug-likeness (QED) is 0.693. The summed E-state index contributed by atoms with van der Waals surface area (Å²) >= 11 is 0. The van der Waals surface area contributed by atoms with Crippen molar-refractivity contribution in [3.63, 3.8) is 0 Å². The lowest BCUT2D eigenvalue weighted by molar-refractivity contribution is 0.0288. The van der Waals surface area contributed by atoms with Crippen molar-refractivity contribution in [1.29, 1.82) is 0 Å². The highest BCUT2D eigenvalue weighted by Gasteiger charge is 2.27. The van der Waals surface area contributed by atoms with Gasteiger partial charge in [-0.05, 0) is 43.2 Å². The number of ether oxygens (including phenoxy) is 1. The van der Waals surface area contributed by atoms with Crippen LogP contribution in [0.2, 0.25) is 0 Å². The molecule has 1 fully saturated rings. The summed E-state index contributed by atoms with van der Waals surface area (Å²) in [5, 5.41) is 0. The highest BCUT2D eigenvalue weighted by atomic mass is 16.5. The fourth-order valence-corrected chi connectivity index (χ4v) is 3.53. The van der Waals surface area contributed by atoms with E-state index in [4.69, 9.17) is 4.74 Å². The van der Waals surface area contributed by atoms with Gasteiger partial charge in [0, 0.05) is 36.7 Å². The van der Waals surface area contributed by atoms with Gasteiger partial charge in [-0.15, -0.1) is 0 Å². The summed E-state index contributed by atoms with van der Waals surface area (Å²) in [6.07, 6.45) is 4.34. The summed E-state index contributed by atoms with van der Waals surface area (Å²) in [5.74, 6) is 0. The molecule has 2 aromatic carbocycles. The molecule has 2 heterocycles. The van der Waals surface area contributed by atoms with Gasteiger partial charge < -0.3 is 9.30 Å². The molecule has 0 aliphatic carbocycles. The van der Waals surface area contributed by atoms with E-state index in [-0.39, 0.29) is 6.23 Å². The molecule has 3 aromatic rings. The molecule has 3 heteroatoms. The number of rotatable bonds is 4. The minimum atomic E-state index is 0.0339. The zero-order chi connectivity index (χ0) is 17.2. The predicted molar refractivity (Wildman–Crippen MR) is 101 cm³/mol. The smallest absolute Gasteiger partial charge is 0.138 e. The molecule has 1 aromatic heterocycles. The summed E-state index contributed by atoms with van der Waals surface area (Å²) in [4.78, 5) is 2.41. The van der Waals surface area contributed by atoms with Crippen LogP contribution in [-0.2, 0) is 11.3 Å². The Morgan fingerprint density at radius 2 is 1.80 bits per heavy atom. The van der Waals surface area contributed by atoms with Crippen LogP contribution in [0.4, 0.5) is 0 Å². The first-order chi connectivity index (χ1) is 12.2. The van der Waals surface area contributed by atoms with E-state index in [1.54, 1.807) is 0 Å². The fraction of sp³-hybridized carbons (Fsp3) is 0.273. The molecule has 3 nitrogen and oxygen atoms in total. The highest BCUT2D eigenvalue weighted by Crippen LogP contribution is 2.29. The maximum absolute atomic E-state index is 6.04. The minimum absolute atomic E-state index is 0.0339. The molecule has 0 radical (unpaired) electrons. The third-order valence-corrected chi connectivity index (χ3v) is 4.75. The molecule has 4 rings (SSSR count). The molecule has 0 spiro atoms. The Balaban J connectivity index is 1.54. The molecule has 0 N–H and O–H groups in total. The number of aryl methyl sites for hydroxylation is 2. The maximum atomic E-state index is 6.04. The third-order valence-electron chi connectivity index (χ3n) is 4.75. The maximum Gasteiger partial charge on any atom is 0.138 e. The van der Waals surface area contributed by atoms with Gasteiger partial charge in [-0.3, -0.25) is 4.90 Å². The van der Waals surface area contributed by atoms with Crippen molar-refractivity contribution >= 4 is 0 Å². The zero-order valence-electron chi connectivity index (χ0n) is 14.9. The van der Waals surface area contributed by atoms with Crippen LogP contribution >= 0.6 is 0 Å². The third kappa shape index (κ3) is 3.53. The van der Waals surface area contributed by atoms with Gasteiger partial charge in [-0.25, -0.2) is 0 Å². The largest absolute Gasteiger partial charge is 0.357 e. The van der Waals surface area contributed by atoms with E-state index in [2.05, 4.69) is 90.3 Å². The molecule has 0 saturated carbocycles. The molecular formula is C22H24N2O. The number of hydrogen-bond donors (Lipinski definition) is 0. The van der Waals surface area contributed by atoms with Crippen LogP contribution in [0.3, 0.4) is 0 Å². The van der Waals surface area contributed by atoms with Crippen molar-refractivity contribution in [2.75, 3.05) is 13.2 Å². The SMILES string of the molecule is Cc1cccc(CN2CCO[C@@H]2c2ccn(-c3cccc(C)c3)c2)c1. The minimum Gasteiger partial charge on any atom is -0.357 e. The van der Waals surface area contributed by atoms with Crippen LogP contribution in [-0.4, -0.2) is 22.6 Å². The normalized spacial score (nSPS) is 17.9. The van der Waals surface area contributed by atoms with Gasteiger partial charge in [0.1, 0.15) is 6.23 Å². The molecule has 1 aliphatic rings. The first-order valence-corrected chi connectivity index (χ1v) is 8.85. The van der Waals surface area contributed by atoms with Crippen molar-refractivity contribution in [2.24, 2.45) is 0 Å². The van der Waals surface area contributed by atoms with Gasteiger partial charge in [-0.1, -0.05) is 42.0 Å². The van der Waals surface area contributed by atoms with E-state index in [0.29, 0.717) is 0 Å². The summed E-state index contributed by atoms with van der Waals surface area (Å²) < 4.78 is 8.22. The van der Waals surface area contributed by atoms with Gasteiger partial charge in [0.2, 0.25) is 0 Å². The first kappa shape index (κ1) is 16.1. The van der Waals surface area contributed by atoms with E-state index in [0.717, 1.165) is 19.7 Å². The lowest BCUT2D eigenvalue weighted by atomic mass is 10.1. The van der Waals surface area contributed by atoms with Crippen molar-refractivity contribution in [3.05, 3.63) is 89.2 Å². The molecule has 0 amide bonds. The van der Waals surface area contributed by atoms with E-state index in [1.807, 2.05) is 0 Å². The van der Waals surface area contributed by atoms with Gasteiger partial charge in [-0.2, -0.15) is 0 Å². The predicted octanol–water partition coefficient (Wildman–Crippen LogP) is 4.63. The van der Waals surface area contributed by atoms with E-state index in [1.165, 1.54) is 27.9 Å². The average molecular weight is 332 g/mol. The van der Waals surface area contributed by atoms with E-state index in [9.17, 15) is 0 Å². The Kier molecular flexibility index (Phi) is 4.43. The fourth-order valence-electron chi connectivity index (χ4n) is 3.53.